The van der Waals surface area contributed by atoms with Gasteiger partial charge in [0.15, 0.2) is 6.61 Å². The van der Waals surface area contributed by atoms with Crippen LogP contribution in [0.3, 0.4) is 0 Å². The van der Waals surface area contributed by atoms with E-state index in [1.54, 1.807) is 0 Å². The number of hydrogen-bond acceptors (Lipinski definition) is 5. The average Bonchev–Trinajstić information content (AvgIpc) is 2.72. The summed E-state index contributed by atoms with van der Waals surface area (Å²) in [5.41, 5.74) is 0.767. The lowest BCUT2D eigenvalue weighted by Gasteiger charge is -2.41. The zero-order valence-corrected chi connectivity index (χ0v) is 16.7. The Morgan fingerprint density at radius 1 is 1.14 bits per heavy atom. The molecule has 0 unspecified atom stereocenters. The maximum Gasteiger partial charge on any atom is 0.307 e. The van der Waals surface area contributed by atoms with Crippen LogP contribution < -0.4 is 5.32 Å². The molecule has 2 aliphatic heterocycles. The smallest absolute Gasteiger partial charge is 0.307 e. The third kappa shape index (κ3) is 4.35. The van der Waals surface area contributed by atoms with Gasteiger partial charge < -0.3 is 15.0 Å². The van der Waals surface area contributed by atoms with E-state index in [0.717, 1.165) is 36.0 Å². The highest BCUT2D eigenvalue weighted by atomic mass is 32.2. The van der Waals surface area contributed by atoms with Crippen molar-refractivity contribution in [1.29, 1.82) is 0 Å². The molecule has 1 aliphatic carbocycles. The molecular weight excluding hydrogens is 376 g/mol. The van der Waals surface area contributed by atoms with Crippen molar-refractivity contribution >= 4 is 35.2 Å². The lowest BCUT2D eigenvalue weighted by Crippen LogP contribution is -2.46. The SMILES string of the molecule is O=C(C[C@@H]1Sc2ccccc2NC1=O)OCC(=O)N1CC[C@@H]2CCCC[C@@H]2C1. The molecule has 7 heteroatoms. The summed E-state index contributed by atoms with van der Waals surface area (Å²) >= 11 is 1.36. The van der Waals surface area contributed by atoms with Gasteiger partial charge in [0, 0.05) is 18.0 Å². The summed E-state index contributed by atoms with van der Waals surface area (Å²) in [6, 6.07) is 7.50. The van der Waals surface area contributed by atoms with Crippen molar-refractivity contribution in [3.05, 3.63) is 24.3 Å². The second-order valence-corrected chi connectivity index (χ2v) is 9.13. The molecule has 150 valence electrons. The Balaban J connectivity index is 1.24. The average molecular weight is 403 g/mol. The predicted molar refractivity (Wildman–Crippen MR) is 107 cm³/mol. The summed E-state index contributed by atoms with van der Waals surface area (Å²) in [7, 11) is 0. The van der Waals surface area contributed by atoms with E-state index in [4.69, 9.17) is 4.74 Å². The Hall–Kier alpha value is -2.02. The largest absolute Gasteiger partial charge is 0.456 e. The number of thioether (sulfide) groups is 1. The van der Waals surface area contributed by atoms with Crippen LogP contribution in [0.4, 0.5) is 5.69 Å². The molecule has 2 heterocycles. The molecule has 0 aromatic heterocycles. The molecule has 2 fully saturated rings. The molecule has 3 atom stereocenters. The van der Waals surface area contributed by atoms with Crippen LogP contribution in [0.25, 0.3) is 0 Å². The van der Waals surface area contributed by atoms with Crippen molar-refractivity contribution in [1.82, 2.24) is 4.90 Å². The number of piperidine rings is 1. The number of benzene rings is 1. The van der Waals surface area contributed by atoms with Crippen LogP contribution in [0.5, 0.6) is 0 Å². The van der Waals surface area contributed by atoms with Gasteiger partial charge in [0.05, 0.1) is 17.4 Å². The third-order valence-electron chi connectivity index (χ3n) is 6.06. The number of nitrogens with zero attached hydrogens (tertiary/aromatic N) is 1. The maximum atomic E-state index is 12.5. The predicted octanol–water partition coefficient (Wildman–Crippen LogP) is 3.07. The quantitative estimate of drug-likeness (QED) is 0.784. The lowest BCUT2D eigenvalue weighted by atomic mass is 9.75. The standard InChI is InChI=1S/C21H26N2O4S/c24-19(23-10-9-14-5-1-2-6-15(14)12-23)13-27-20(25)11-18-21(26)22-16-7-3-4-8-17(16)28-18/h3-4,7-8,14-15,18H,1-2,5-6,9-13H2,(H,22,26)/t14-,15+,18-/m0/s1. The molecule has 1 saturated carbocycles. The van der Waals surface area contributed by atoms with Gasteiger partial charge in [0.25, 0.3) is 5.91 Å². The Labute approximate surface area is 169 Å². The number of carbonyl (C=O) groups excluding carboxylic acids is 3. The van der Waals surface area contributed by atoms with Crippen LogP contribution in [0.15, 0.2) is 29.2 Å². The second kappa shape index (κ2) is 8.55. The number of rotatable bonds is 4. The summed E-state index contributed by atoms with van der Waals surface area (Å²) in [6.45, 7) is 1.32. The molecule has 1 saturated heterocycles. The highest BCUT2D eigenvalue weighted by molar-refractivity contribution is 8.01. The molecule has 0 spiro atoms. The lowest BCUT2D eigenvalue weighted by molar-refractivity contribution is -0.153. The van der Waals surface area contributed by atoms with E-state index < -0.39 is 11.2 Å². The highest BCUT2D eigenvalue weighted by Gasteiger charge is 2.33. The Kier molecular flexibility index (Phi) is 5.90. The molecule has 0 bridgehead atoms. The van der Waals surface area contributed by atoms with Crippen LogP contribution in [0, 0.1) is 11.8 Å². The fraction of sp³-hybridized carbons (Fsp3) is 0.571. The number of nitrogens with one attached hydrogen (secondary N) is 1. The Morgan fingerprint density at radius 2 is 1.93 bits per heavy atom. The van der Waals surface area contributed by atoms with Gasteiger partial charge in [-0.3, -0.25) is 14.4 Å². The summed E-state index contributed by atoms with van der Waals surface area (Å²) in [5.74, 6) is 0.525. The number of fused-ring (bicyclic) bond motifs is 2. The fourth-order valence-corrected chi connectivity index (χ4v) is 5.59. The number of hydrogen-bond donors (Lipinski definition) is 1. The zero-order valence-electron chi connectivity index (χ0n) is 15.9. The number of carbonyl (C=O) groups is 3. The van der Waals surface area contributed by atoms with E-state index in [9.17, 15) is 14.4 Å². The van der Waals surface area contributed by atoms with Gasteiger partial charge >= 0.3 is 5.97 Å². The van der Waals surface area contributed by atoms with Gasteiger partial charge in [0.1, 0.15) is 0 Å². The molecule has 2 amide bonds. The highest BCUT2D eigenvalue weighted by Crippen LogP contribution is 2.37. The molecule has 4 rings (SSSR count). The minimum absolute atomic E-state index is 0.0389. The van der Waals surface area contributed by atoms with Crippen molar-refractivity contribution in [2.75, 3.05) is 25.0 Å². The van der Waals surface area contributed by atoms with Crippen LogP contribution in [-0.4, -0.2) is 47.6 Å². The van der Waals surface area contributed by atoms with E-state index in [0.29, 0.717) is 5.92 Å². The summed E-state index contributed by atoms with van der Waals surface area (Å²) < 4.78 is 5.21. The van der Waals surface area contributed by atoms with Crippen LogP contribution in [-0.2, 0) is 19.1 Å². The molecule has 1 aromatic rings. The molecule has 28 heavy (non-hydrogen) atoms. The number of anilines is 1. The van der Waals surface area contributed by atoms with Gasteiger partial charge in [-0.05, 0) is 36.8 Å². The second-order valence-electron chi connectivity index (χ2n) is 7.89. The fourth-order valence-electron chi connectivity index (χ4n) is 4.50. The van der Waals surface area contributed by atoms with Gasteiger partial charge in [-0.2, -0.15) is 0 Å². The van der Waals surface area contributed by atoms with Crippen molar-refractivity contribution in [3.63, 3.8) is 0 Å². The van der Waals surface area contributed by atoms with Crippen molar-refractivity contribution in [3.8, 4) is 0 Å². The van der Waals surface area contributed by atoms with E-state index in [-0.39, 0.29) is 24.8 Å². The Morgan fingerprint density at radius 3 is 2.79 bits per heavy atom. The number of ether oxygens (including phenoxy) is 1. The zero-order chi connectivity index (χ0) is 19.5. The van der Waals surface area contributed by atoms with Gasteiger partial charge in [-0.15, -0.1) is 11.8 Å². The summed E-state index contributed by atoms with van der Waals surface area (Å²) in [6.07, 6.45) is 6.06. The van der Waals surface area contributed by atoms with Crippen LogP contribution in [0.1, 0.15) is 38.5 Å². The molecule has 0 radical (unpaired) electrons. The first-order valence-corrected chi connectivity index (χ1v) is 11.0. The van der Waals surface area contributed by atoms with Crippen molar-refractivity contribution in [2.24, 2.45) is 11.8 Å². The topological polar surface area (TPSA) is 75.7 Å². The monoisotopic (exact) mass is 402 g/mol. The van der Waals surface area contributed by atoms with Gasteiger partial charge in [-0.1, -0.05) is 31.4 Å². The van der Waals surface area contributed by atoms with E-state index in [1.165, 1.54) is 37.4 Å². The molecule has 3 aliphatic rings. The first-order chi connectivity index (χ1) is 13.6. The van der Waals surface area contributed by atoms with Crippen LogP contribution in [0.2, 0.25) is 0 Å². The molecule has 1 N–H and O–H groups in total. The van der Waals surface area contributed by atoms with E-state index in [1.807, 2.05) is 29.2 Å². The molecular formula is C21H26N2O4S. The minimum Gasteiger partial charge on any atom is -0.456 e. The summed E-state index contributed by atoms with van der Waals surface area (Å²) in [5, 5.41) is 2.28. The third-order valence-corrected chi connectivity index (χ3v) is 7.33. The summed E-state index contributed by atoms with van der Waals surface area (Å²) in [4.78, 5) is 39.6. The molecule has 1 aromatic carbocycles. The van der Waals surface area contributed by atoms with E-state index in [2.05, 4.69) is 5.32 Å². The molecule has 6 nitrogen and oxygen atoms in total. The van der Waals surface area contributed by atoms with Crippen molar-refractivity contribution in [2.45, 2.75) is 48.7 Å². The van der Waals surface area contributed by atoms with Gasteiger partial charge in [-0.25, -0.2) is 0 Å². The number of esters is 1. The number of likely N-dealkylation sites (tertiary alicyclic amines) is 1. The van der Waals surface area contributed by atoms with E-state index >= 15 is 0 Å². The van der Waals surface area contributed by atoms with Crippen molar-refractivity contribution < 1.29 is 19.1 Å². The number of amides is 2. The minimum atomic E-state index is -0.532. The van der Waals surface area contributed by atoms with Gasteiger partial charge in [0.2, 0.25) is 5.91 Å². The maximum absolute atomic E-state index is 12.5. The number of para-hydroxylation sites is 1. The van der Waals surface area contributed by atoms with Crippen LogP contribution >= 0.6 is 11.8 Å². The Bertz CT molecular complexity index is 769. The normalized spacial score (nSPS) is 26.6. The first kappa shape index (κ1) is 19.3. The first-order valence-electron chi connectivity index (χ1n) is 10.1.